The summed E-state index contributed by atoms with van der Waals surface area (Å²) in [5.41, 5.74) is 6.06. The first-order chi connectivity index (χ1) is 14.2. The van der Waals surface area contributed by atoms with Gasteiger partial charge in [-0.25, -0.2) is 0 Å². The summed E-state index contributed by atoms with van der Waals surface area (Å²) in [6.45, 7) is 1.82. The molecule has 2 unspecified atom stereocenters. The number of hydrogen-bond donors (Lipinski definition) is 4. The molecule has 168 valence electrons. The lowest BCUT2D eigenvalue weighted by Gasteiger charge is -2.36. The van der Waals surface area contributed by atoms with Crippen molar-refractivity contribution in [2.24, 2.45) is 5.73 Å². The van der Waals surface area contributed by atoms with Gasteiger partial charge in [0.25, 0.3) is 0 Å². The molecule has 1 aromatic carbocycles. The van der Waals surface area contributed by atoms with Gasteiger partial charge in [0.15, 0.2) is 0 Å². The SMILES string of the molecule is NC(CCCCB(O)O)(CCCC1CCCCN1Cc1ccc(Cl)c(Cl)c1)C(=O)O. The maximum atomic E-state index is 11.7. The standard InChI is InChI=1S/C21H33BCl2N2O4/c23-18-9-8-16(14-19(18)24)15-26-13-4-1-6-17(26)7-5-11-21(25,20(27)28)10-2-3-12-22(29)30/h8-9,14,17,29-30H,1-7,10-13,15,25H2,(H,27,28). The number of hydrogen-bond acceptors (Lipinski definition) is 5. The minimum Gasteiger partial charge on any atom is -0.480 e. The van der Waals surface area contributed by atoms with Gasteiger partial charge in [0.05, 0.1) is 10.0 Å². The highest BCUT2D eigenvalue weighted by molar-refractivity contribution is 6.42. The fourth-order valence-corrected chi connectivity index (χ4v) is 4.55. The van der Waals surface area contributed by atoms with Crippen LogP contribution in [0.2, 0.25) is 16.4 Å². The first kappa shape index (κ1) is 25.4. The van der Waals surface area contributed by atoms with Crippen LogP contribution in [0.1, 0.15) is 63.4 Å². The molecule has 1 heterocycles. The number of unbranched alkanes of at least 4 members (excludes halogenated alkanes) is 1. The minimum absolute atomic E-state index is 0.238. The molecular weight excluding hydrogens is 426 g/mol. The van der Waals surface area contributed by atoms with Crippen LogP contribution in [-0.2, 0) is 11.3 Å². The fourth-order valence-electron chi connectivity index (χ4n) is 4.23. The second-order valence-corrected chi connectivity index (χ2v) is 9.26. The molecule has 1 saturated heterocycles. The second kappa shape index (κ2) is 12.3. The van der Waals surface area contributed by atoms with Crippen LogP contribution in [0, 0.1) is 0 Å². The van der Waals surface area contributed by atoms with E-state index in [1.54, 1.807) is 0 Å². The van der Waals surface area contributed by atoms with Crippen LogP contribution in [0.25, 0.3) is 0 Å². The minimum atomic E-state index is -1.35. The molecule has 0 spiro atoms. The van der Waals surface area contributed by atoms with Crippen molar-refractivity contribution in [3.8, 4) is 0 Å². The molecule has 30 heavy (non-hydrogen) atoms. The number of nitrogens with two attached hydrogens (primary N) is 1. The summed E-state index contributed by atoms with van der Waals surface area (Å²) in [5, 5.41) is 28.6. The molecule has 1 aromatic rings. The molecule has 1 fully saturated rings. The van der Waals surface area contributed by atoms with Gasteiger partial charge >= 0.3 is 13.1 Å². The summed E-state index contributed by atoms with van der Waals surface area (Å²) in [5.74, 6) is -0.983. The third-order valence-electron chi connectivity index (χ3n) is 6.04. The number of likely N-dealkylation sites (tertiary alicyclic amines) is 1. The van der Waals surface area contributed by atoms with Gasteiger partial charge < -0.3 is 20.9 Å². The van der Waals surface area contributed by atoms with Gasteiger partial charge in [0.2, 0.25) is 0 Å². The van der Waals surface area contributed by atoms with Gasteiger partial charge in [-0.3, -0.25) is 9.69 Å². The Morgan fingerprint density at radius 2 is 1.90 bits per heavy atom. The summed E-state index contributed by atoms with van der Waals surface area (Å²) >= 11 is 12.2. The van der Waals surface area contributed by atoms with Crippen LogP contribution in [0.3, 0.4) is 0 Å². The summed E-state index contributed by atoms with van der Waals surface area (Å²) in [6.07, 6.45) is 7.19. The third kappa shape index (κ3) is 8.02. The van der Waals surface area contributed by atoms with Crippen LogP contribution in [-0.4, -0.2) is 51.3 Å². The number of halogens is 2. The predicted molar refractivity (Wildman–Crippen MR) is 122 cm³/mol. The van der Waals surface area contributed by atoms with E-state index in [2.05, 4.69) is 4.90 Å². The van der Waals surface area contributed by atoms with Gasteiger partial charge in [-0.05, 0) is 69.1 Å². The molecule has 0 bridgehead atoms. The van der Waals surface area contributed by atoms with Crippen molar-refractivity contribution < 1.29 is 19.9 Å². The normalized spacial score (nSPS) is 19.4. The van der Waals surface area contributed by atoms with Gasteiger partial charge in [-0.1, -0.05) is 48.5 Å². The number of aliphatic carboxylic acids is 1. The molecule has 0 aliphatic carbocycles. The van der Waals surface area contributed by atoms with Crippen LogP contribution in [0.4, 0.5) is 0 Å². The molecule has 6 nitrogen and oxygen atoms in total. The molecule has 0 amide bonds. The largest absolute Gasteiger partial charge is 0.480 e. The molecule has 5 N–H and O–H groups in total. The summed E-state index contributed by atoms with van der Waals surface area (Å²) in [4.78, 5) is 14.2. The molecule has 0 radical (unpaired) electrons. The van der Waals surface area contributed by atoms with E-state index in [-0.39, 0.29) is 6.32 Å². The van der Waals surface area contributed by atoms with Crippen molar-refractivity contribution in [1.29, 1.82) is 0 Å². The van der Waals surface area contributed by atoms with E-state index in [0.29, 0.717) is 41.8 Å². The third-order valence-corrected chi connectivity index (χ3v) is 6.78. The van der Waals surface area contributed by atoms with Crippen molar-refractivity contribution in [1.82, 2.24) is 4.90 Å². The smallest absolute Gasteiger partial charge is 0.451 e. The number of rotatable bonds is 12. The number of carbonyl (C=O) groups is 1. The summed E-state index contributed by atoms with van der Waals surface area (Å²) in [6, 6.07) is 6.13. The summed E-state index contributed by atoms with van der Waals surface area (Å²) < 4.78 is 0. The van der Waals surface area contributed by atoms with E-state index < -0.39 is 18.6 Å². The zero-order valence-electron chi connectivity index (χ0n) is 17.4. The van der Waals surface area contributed by atoms with Crippen LogP contribution >= 0.6 is 23.2 Å². The molecule has 0 saturated carbocycles. The van der Waals surface area contributed by atoms with Crippen molar-refractivity contribution >= 4 is 36.3 Å². The lowest BCUT2D eigenvalue weighted by molar-refractivity contribution is -0.144. The fraction of sp³-hybridized carbons (Fsp3) is 0.667. The molecular formula is C21H33BCl2N2O4. The Morgan fingerprint density at radius 1 is 1.17 bits per heavy atom. The van der Waals surface area contributed by atoms with Crippen LogP contribution in [0.5, 0.6) is 0 Å². The predicted octanol–water partition coefficient (Wildman–Crippen LogP) is 3.94. The average Bonchev–Trinajstić information content (AvgIpc) is 2.69. The van der Waals surface area contributed by atoms with Crippen molar-refractivity contribution in [3.05, 3.63) is 33.8 Å². The zero-order valence-corrected chi connectivity index (χ0v) is 18.9. The van der Waals surface area contributed by atoms with Crippen molar-refractivity contribution in [2.75, 3.05) is 6.54 Å². The lowest BCUT2D eigenvalue weighted by Crippen LogP contribution is -2.48. The van der Waals surface area contributed by atoms with E-state index in [4.69, 9.17) is 39.0 Å². The Kier molecular flexibility index (Phi) is 10.4. The van der Waals surface area contributed by atoms with Crippen LogP contribution in [0.15, 0.2) is 18.2 Å². The quantitative estimate of drug-likeness (QED) is 0.279. The average molecular weight is 459 g/mol. The van der Waals surface area contributed by atoms with Crippen molar-refractivity contribution in [2.45, 2.75) is 82.2 Å². The van der Waals surface area contributed by atoms with Gasteiger partial charge in [-0.2, -0.15) is 0 Å². The van der Waals surface area contributed by atoms with Gasteiger partial charge in [0.1, 0.15) is 5.54 Å². The maximum absolute atomic E-state index is 11.7. The topological polar surface area (TPSA) is 107 Å². The first-order valence-corrected chi connectivity index (χ1v) is 11.5. The monoisotopic (exact) mass is 458 g/mol. The molecule has 0 aromatic heterocycles. The van der Waals surface area contributed by atoms with Crippen LogP contribution < -0.4 is 5.73 Å². The number of piperidine rings is 1. The van der Waals surface area contributed by atoms with E-state index in [9.17, 15) is 9.90 Å². The van der Waals surface area contributed by atoms with E-state index >= 15 is 0 Å². The van der Waals surface area contributed by atoms with E-state index in [0.717, 1.165) is 44.3 Å². The Labute approximate surface area is 189 Å². The Bertz CT molecular complexity index is 695. The molecule has 1 aliphatic rings. The Morgan fingerprint density at radius 3 is 2.57 bits per heavy atom. The first-order valence-electron chi connectivity index (χ1n) is 10.8. The lowest BCUT2D eigenvalue weighted by atomic mass is 9.81. The van der Waals surface area contributed by atoms with Crippen molar-refractivity contribution in [3.63, 3.8) is 0 Å². The summed E-state index contributed by atoms with van der Waals surface area (Å²) in [7, 11) is -1.35. The molecule has 2 atom stereocenters. The van der Waals surface area contributed by atoms with E-state index in [1.807, 2.05) is 18.2 Å². The van der Waals surface area contributed by atoms with Gasteiger partial charge in [0, 0.05) is 12.6 Å². The Hall–Kier alpha value is -0.825. The maximum Gasteiger partial charge on any atom is 0.451 e. The zero-order chi connectivity index (χ0) is 22.1. The van der Waals surface area contributed by atoms with Gasteiger partial charge in [-0.15, -0.1) is 0 Å². The number of benzene rings is 1. The molecule has 2 rings (SSSR count). The second-order valence-electron chi connectivity index (χ2n) is 8.45. The Balaban J connectivity index is 1.87. The molecule has 9 heteroatoms. The highest BCUT2D eigenvalue weighted by Gasteiger charge is 2.33. The molecule has 1 aliphatic heterocycles. The highest BCUT2D eigenvalue weighted by Crippen LogP contribution is 2.28. The number of carboxylic acids is 1. The highest BCUT2D eigenvalue weighted by atomic mass is 35.5. The van der Waals surface area contributed by atoms with E-state index in [1.165, 1.54) is 6.42 Å². The number of carboxylic acid groups (broad SMARTS) is 1. The number of nitrogens with zero attached hydrogens (tertiary/aromatic N) is 1.